The fourth-order valence-corrected chi connectivity index (χ4v) is 6.58. The molecule has 160 valence electrons. The Morgan fingerprint density at radius 2 is 1.62 bits per heavy atom. The number of hydrogen-bond acceptors (Lipinski definition) is 6. The van der Waals surface area contributed by atoms with Crippen molar-refractivity contribution < 1.29 is 13.2 Å². The lowest BCUT2D eigenvalue weighted by atomic mass is 10.1. The zero-order chi connectivity index (χ0) is 22.1. The summed E-state index contributed by atoms with van der Waals surface area (Å²) in [5, 5.41) is 3.32. The molecule has 0 bridgehead atoms. The smallest absolute Gasteiger partial charge is 0.261 e. The Bertz CT molecular complexity index is 1420. The summed E-state index contributed by atoms with van der Waals surface area (Å²) in [7, 11) is -3.82. The number of amides is 1. The molecule has 1 aliphatic heterocycles. The number of nitrogens with one attached hydrogen (secondary N) is 2. The molecule has 2 heterocycles. The lowest BCUT2D eigenvalue weighted by Crippen LogP contribution is -2.18. The second-order valence-corrected chi connectivity index (χ2v) is 10.8. The molecule has 0 spiro atoms. The summed E-state index contributed by atoms with van der Waals surface area (Å²) in [6.07, 6.45) is 0. The summed E-state index contributed by atoms with van der Waals surface area (Å²) < 4.78 is 28.0. The number of aromatic nitrogens is 1. The van der Waals surface area contributed by atoms with Crippen LogP contribution in [0.25, 0.3) is 11.3 Å². The third kappa shape index (κ3) is 4.02. The van der Waals surface area contributed by atoms with E-state index < -0.39 is 15.9 Å². The van der Waals surface area contributed by atoms with Crippen molar-refractivity contribution in [3.8, 4) is 11.3 Å². The highest BCUT2D eigenvalue weighted by atomic mass is 32.2. The highest BCUT2D eigenvalue weighted by Crippen LogP contribution is 2.44. The predicted molar refractivity (Wildman–Crippen MR) is 129 cm³/mol. The molecule has 0 aliphatic carbocycles. The first-order valence-corrected chi connectivity index (χ1v) is 13.0. The summed E-state index contributed by atoms with van der Waals surface area (Å²) in [6, 6.07) is 22.6. The second kappa shape index (κ2) is 8.42. The van der Waals surface area contributed by atoms with Crippen LogP contribution in [0.15, 0.2) is 88.7 Å². The first-order valence-electron chi connectivity index (χ1n) is 9.71. The van der Waals surface area contributed by atoms with Crippen LogP contribution in [0.3, 0.4) is 0 Å². The van der Waals surface area contributed by atoms with Crippen LogP contribution in [0, 0.1) is 0 Å². The Morgan fingerprint density at radius 3 is 2.47 bits per heavy atom. The average Bonchev–Trinajstić information content (AvgIpc) is 3.23. The molecule has 4 aromatic rings. The minimum Gasteiger partial charge on any atom is -0.298 e. The van der Waals surface area contributed by atoms with E-state index in [-0.39, 0.29) is 16.1 Å². The van der Waals surface area contributed by atoms with Gasteiger partial charge in [-0.15, -0.1) is 23.1 Å². The van der Waals surface area contributed by atoms with Crippen LogP contribution >= 0.6 is 23.1 Å². The summed E-state index contributed by atoms with van der Waals surface area (Å²) in [6.45, 7) is 0. The minimum atomic E-state index is -3.82. The molecule has 9 heteroatoms. The molecule has 3 aromatic carbocycles. The Kier molecular flexibility index (Phi) is 5.46. The van der Waals surface area contributed by atoms with Gasteiger partial charge >= 0.3 is 0 Å². The molecule has 0 radical (unpaired) electrons. The molecular weight excluding hydrogens is 462 g/mol. The van der Waals surface area contributed by atoms with Gasteiger partial charge < -0.3 is 0 Å². The van der Waals surface area contributed by atoms with Gasteiger partial charge in [-0.2, -0.15) is 0 Å². The summed E-state index contributed by atoms with van der Waals surface area (Å²) in [4.78, 5) is 20.1. The quantitative estimate of drug-likeness (QED) is 0.396. The molecule has 1 aliphatic rings. The molecule has 6 nitrogen and oxygen atoms in total. The van der Waals surface area contributed by atoms with Crippen molar-refractivity contribution in [2.45, 2.75) is 15.5 Å². The van der Waals surface area contributed by atoms with Gasteiger partial charge in [-0.1, -0.05) is 48.5 Å². The van der Waals surface area contributed by atoms with Gasteiger partial charge in [-0.3, -0.25) is 14.8 Å². The van der Waals surface area contributed by atoms with E-state index in [0.717, 1.165) is 21.9 Å². The fourth-order valence-electron chi connectivity index (χ4n) is 3.38. The van der Waals surface area contributed by atoms with Crippen molar-refractivity contribution in [2.75, 3.05) is 10.0 Å². The third-order valence-electron chi connectivity index (χ3n) is 4.89. The van der Waals surface area contributed by atoms with Crippen molar-refractivity contribution in [2.24, 2.45) is 0 Å². The van der Waals surface area contributed by atoms with Gasteiger partial charge in [0.15, 0.2) is 5.13 Å². The molecule has 0 atom stereocenters. The standard InChI is InChI=1S/C23H17N3O3S3/c27-22(25-23-24-21-17-11-5-7-13-19(17)30-14-20(21)31-23)16-10-4-6-12-18(16)26-32(28,29)15-8-2-1-3-9-15/h1-13,26H,14H2,(H,24,25,27). The topological polar surface area (TPSA) is 88.2 Å². The third-order valence-corrected chi connectivity index (χ3v) is 8.52. The number of benzene rings is 3. The van der Waals surface area contributed by atoms with Crippen LogP contribution in [-0.4, -0.2) is 19.3 Å². The van der Waals surface area contributed by atoms with E-state index in [1.165, 1.54) is 28.4 Å². The van der Waals surface area contributed by atoms with Gasteiger partial charge in [0, 0.05) is 21.1 Å². The van der Waals surface area contributed by atoms with E-state index in [4.69, 9.17) is 0 Å². The number of sulfonamides is 1. The van der Waals surface area contributed by atoms with Crippen molar-refractivity contribution in [3.05, 3.63) is 89.3 Å². The number of nitrogens with zero attached hydrogens (tertiary/aromatic N) is 1. The van der Waals surface area contributed by atoms with Crippen LogP contribution in [0.2, 0.25) is 0 Å². The van der Waals surface area contributed by atoms with E-state index in [0.29, 0.717) is 5.13 Å². The number of rotatable bonds is 5. The zero-order valence-electron chi connectivity index (χ0n) is 16.6. The summed E-state index contributed by atoms with van der Waals surface area (Å²) >= 11 is 3.18. The molecule has 2 N–H and O–H groups in total. The fraction of sp³-hybridized carbons (Fsp3) is 0.0435. The summed E-state index contributed by atoms with van der Waals surface area (Å²) in [5.74, 6) is 0.372. The number of anilines is 2. The summed E-state index contributed by atoms with van der Waals surface area (Å²) in [5.41, 5.74) is 2.37. The molecule has 0 unspecified atom stereocenters. The first-order chi connectivity index (χ1) is 15.5. The number of carbonyl (C=O) groups is 1. The Balaban J connectivity index is 1.41. The lowest BCUT2D eigenvalue weighted by molar-refractivity contribution is 0.102. The van der Waals surface area contributed by atoms with E-state index >= 15 is 0 Å². The largest absolute Gasteiger partial charge is 0.298 e. The monoisotopic (exact) mass is 479 g/mol. The van der Waals surface area contributed by atoms with E-state index in [1.54, 1.807) is 54.2 Å². The Labute approximate surface area is 193 Å². The number of para-hydroxylation sites is 1. The van der Waals surface area contributed by atoms with Crippen molar-refractivity contribution in [1.29, 1.82) is 0 Å². The molecule has 32 heavy (non-hydrogen) atoms. The first kappa shape index (κ1) is 20.7. The second-order valence-electron chi connectivity index (χ2n) is 6.99. The molecule has 5 rings (SSSR count). The molecule has 0 saturated heterocycles. The minimum absolute atomic E-state index is 0.124. The van der Waals surface area contributed by atoms with E-state index in [2.05, 4.69) is 21.1 Å². The Morgan fingerprint density at radius 1 is 0.906 bits per heavy atom. The molecule has 1 aromatic heterocycles. The van der Waals surface area contributed by atoms with E-state index in [1.807, 2.05) is 18.2 Å². The van der Waals surface area contributed by atoms with Gasteiger partial charge in [-0.25, -0.2) is 13.4 Å². The predicted octanol–water partition coefficient (Wildman–Crippen LogP) is 5.47. The van der Waals surface area contributed by atoms with Crippen molar-refractivity contribution >= 4 is 49.8 Å². The number of hydrogen-bond donors (Lipinski definition) is 2. The maximum absolute atomic E-state index is 13.0. The number of carbonyl (C=O) groups excluding carboxylic acids is 1. The highest BCUT2D eigenvalue weighted by Gasteiger charge is 2.23. The molecule has 0 saturated carbocycles. The van der Waals surface area contributed by atoms with Crippen LogP contribution < -0.4 is 10.0 Å². The number of thiazole rings is 1. The van der Waals surface area contributed by atoms with Gasteiger partial charge in [-0.05, 0) is 30.3 Å². The van der Waals surface area contributed by atoms with Crippen LogP contribution in [0.5, 0.6) is 0 Å². The maximum atomic E-state index is 13.0. The van der Waals surface area contributed by atoms with Crippen molar-refractivity contribution in [1.82, 2.24) is 4.98 Å². The van der Waals surface area contributed by atoms with Gasteiger partial charge in [0.25, 0.3) is 15.9 Å². The van der Waals surface area contributed by atoms with Crippen LogP contribution in [-0.2, 0) is 15.8 Å². The van der Waals surface area contributed by atoms with E-state index in [9.17, 15) is 13.2 Å². The highest BCUT2D eigenvalue weighted by molar-refractivity contribution is 7.98. The van der Waals surface area contributed by atoms with Crippen LogP contribution in [0.1, 0.15) is 15.2 Å². The molecule has 1 amide bonds. The van der Waals surface area contributed by atoms with Crippen molar-refractivity contribution in [3.63, 3.8) is 0 Å². The molecule has 0 fully saturated rings. The lowest BCUT2D eigenvalue weighted by Gasteiger charge is -2.13. The zero-order valence-corrected chi connectivity index (χ0v) is 19.1. The number of thioether (sulfide) groups is 1. The Hall–Kier alpha value is -3.14. The maximum Gasteiger partial charge on any atom is 0.261 e. The van der Waals surface area contributed by atoms with Gasteiger partial charge in [0.1, 0.15) is 0 Å². The SMILES string of the molecule is O=C(Nc1nc2c(s1)CSc1ccccc1-2)c1ccccc1NS(=O)(=O)c1ccccc1. The number of fused-ring (bicyclic) bond motifs is 3. The van der Waals surface area contributed by atoms with Gasteiger partial charge in [0.2, 0.25) is 0 Å². The van der Waals surface area contributed by atoms with Gasteiger partial charge in [0.05, 0.1) is 21.8 Å². The normalized spacial score (nSPS) is 12.5. The molecular formula is C23H17N3O3S3. The van der Waals surface area contributed by atoms with Crippen LogP contribution in [0.4, 0.5) is 10.8 Å². The average molecular weight is 480 g/mol.